The number of fused-ring (bicyclic) bond motifs is 2. The lowest BCUT2D eigenvalue weighted by molar-refractivity contribution is -0.151. The maximum Gasteiger partial charge on any atom is 0.408 e. The van der Waals surface area contributed by atoms with Crippen LogP contribution in [-0.4, -0.2) is 126 Å². The van der Waals surface area contributed by atoms with Gasteiger partial charge in [-0.2, -0.15) is 0 Å². The lowest BCUT2D eigenvalue weighted by Crippen LogP contribution is -2.67. The molecule has 1 aromatic rings. The van der Waals surface area contributed by atoms with E-state index in [0.29, 0.717) is 43.2 Å². The highest BCUT2D eigenvalue weighted by atomic mass is 19.3. The van der Waals surface area contributed by atoms with Crippen LogP contribution < -0.4 is 15.4 Å². The number of piperazine rings is 1. The molecule has 284 valence electrons. The molecule has 3 aliphatic heterocycles. The zero-order valence-electron chi connectivity index (χ0n) is 29.9. The Hall–Kier alpha value is -3.59. The molecular formula is C36H52F3N5O7. The number of para-hydroxylation sites is 1. The number of alkyl halides is 3. The lowest BCUT2D eigenvalue weighted by atomic mass is 9.81. The van der Waals surface area contributed by atoms with E-state index in [1.165, 1.54) is 4.90 Å². The Morgan fingerprint density at radius 3 is 2.45 bits per heavy atom. The maximum atomic E-state index is 14.8. The smallest absolute Gasteiger partial charge is 0.408 e. The van der Waals surface area contributed by atoms with Crippen LogP contribution >= 0.6 is 0 Å². The molecule has 6 atom stereocenters. The zero-order chi connectivity index (χ0) is 37.1. The Morgan fingerprint density at radius 1 is 1.10 bits per heavy atom. The second-order valence-corrected chi connectivity index (χ2v) is 15.5. The summed E-state index contributed by atoms with van der Waals surface area (Å²) in [6, 6.07) is 2.71. The van der Waals surface area contributed by atoms with E-state index in [1.54, 1.807) is 20.8 Å². The number of amides is 4. The molecule has 0 bridgehead atoms. The van der Waals surface area contributed by atoms with E-state index >= 15 is 0 Å². The standard InChI is InChI=1S/C36H52F3N5O7/c1-5-50-24-16-23-18-43(28(20-42(23)19-24)32(46)40-26-12-15-51-29-9-7-6-8-25(26)29)33(47)30(22-10-13-36(38,39)14-11-22)41-31(45)27(17-37)44(34(48)49)21-35(2,3)4/h6-9,22-24,26-28,30H,5,10-21H2,1-4H3,(H,40,46)(H,41,45)(H,48,49)/t23-,24-,26-,27-,28+,30+/m1/s1. The first-order chi connectivity index (χ1) is 24.1. The normalized spacial score (nSPS) is 26.2. The Labute approximate surface area is 297 Å². The van der Waals surface area contributed by atoms with Crippen LogP contribution in [0.2, 0.25) is 0 Å². The summed E-state index contributed by atoms with van der Waals surface area (Å²) in [5, 5.41) is 15.7. The third-order valence-corrected chi connectivity index (χ3v) is 10.5. The maximum absolute atomic E-state index is 14.8. The predicted octanol–water partition coefficient (Wildman–Crippen LogP) is 3.99. The third-order valence-electron chi connectivity index (χ3n) is 10.5. The molecule has 12 nitrogen and oxygen atoms in total. The zero-order valence-corrected chi connectivity index (χ0v) is 29.9. The minimum Gasteiger partial charge on any atom is -0.493 e. The molecule has 51 heavy (non-hydrogen) atoms. The molecule has 3 N–H and O–H groups in total. The molecule has 3 fully saturated rings. The number of carbonyl (C=O) groups is 4. The van der Waals surface area contributed by atoms with Gasteiger partial charge in [0.25, 0.3) is 0 Å². The Morgan fingerprint density at radius 2 is 1.80 bits per heavy atom. The topological polar surface area (TPSA) is 141 Å². The van der Waals surface area contributed by atoms with E-state index in [9.17, 15) is 37.5 Å². The lowest BCUT2D eigenvalue weighted by Gasteiger charge is -2.45. The molecule has 1 aromatic carbocycles. The van der Waals surface area contributed by atoms with Crippen molar-refractivity contribution in [3.63, 3.8) is 0 Å². The Bertz CT molecular complexity index is 1420. The van der Waals surface area contributed by atoms with Gasteiger partial charge in [0.2, 0.25) is 23.6 Å². The van der Waals surface area contributed by atoms with Gasteiger partial charge in [-0.1, -0.05) is 39.0 Å². The van der Waals surface area contributed by atoms with Crippen molar-refractivity contribution in [1.29, 1.82) is 0 Å². The summed E-state index contributed by atoms with van der Waals surface area (Å²) < 4.78 is 54.9. The first kappa shape index (κ1) is 38.6. The van der Waals surface area contributed by atoms with E-state index in [0.717, 1.165) is 5.56 Å². The SMILES string of the molecule is CCO[C@@H]1C[C@@H]2CN(C(=O)[C@@H](NC(=O)[C@@H](CF)N(CC(C)(C)C)C(=O)O)C3CCC(F)(F)CC3)[C@H](C(=O)N[C@@H]3CCOc4ccccc43)CN2C1. The summed E-state index contributed by atoms with van der Waals surface area (Å²) in [7, 11) is 0. The summed E-state index contributed by atoms with van der Waals surface area (Å²) in [5.41, 5.74) is 0.187. The van der Waals surface area contributed by atoms with Crippen molar-refractivity contribution in [2.45, 2.75) is 108 Å². The van der Waals surface area contributed by atoms with Crippen molar-refractivity contribution in [3.8, 4) is 5.75 Å². The molecule has 0 spiro atoms. The second-order valence-electron chi connectivity index (χ2n) is 15.5. The number of carboxylic acid groups (broad SMARTS) is 1. The van der Waals surface area contributed by atoms with Crippen molar-refractivity contribution in [1.82, 2.24) is 25.3 Å². The molecule has 15 heteroatoms. The van der Waals surface area contributed by atoms with Crippen LogP contribution in [0.4, 0.5) is 18.0 Å². The van der Waals surface area contributed by atoms with Crippen molar-refractivity contribution >= 4 is 23.8 Å². The molecule has 3 heterocycles. The van der Waals surface area contributed by atoms with Crippen molar-refractivity contribution in [2.24, 2.45) is 11.3 Å². The third kappa shape index (κ3) is 9.26. The fourth-order valence-electron chi connectivity index (χ4n) is 7.93. The monoisotopic (exact) mass is 723 g/mol. The second kappa shape index (κ2) is 16.0. The molecule has 0 radical (unpaired) electrons. The highest BCUT2D eigenvalue weighted by Gasteiger charge is 2.49. The minimum absolute atomic E-state index is 0.0971. The van der Waals surface area contributed by atoms with Gasteiger partial charge in [-0.15, -0.1) is 0 Å². The highest BCUT2D eigenvalue weighted by Crippen LogP contribution is 2.39. The number of carbonyl (C=O) groups excluding carboxylic acids is 3. The van der Waals surface area contributed by atoms with Gasteiger partial charge in [0.15, 0.2) is 0 Å². The number of hydrogen-bond acceptors (Lipinski definition) is 7. The molecule has 0 aromatic heterocycles. The molecule has 2 saturated heterocycles. The highest BCUT2D eigenvalue weighted by molar-refractivity contribution is 5.94. The number of halogens is 3. The Kier molecular flexibility index (Phi) is 12.1. The van der Waals surface area contributed by atoms with E-state index in [4.69, 9.17) is 9.47 Å². The van der Waals surface area contributed by atoms with Gasteiger partial charge in [0.1, 0.15) is 30.5 Å². The molecular weight excluding hydrogens is 671 g/mol. The van der Waals surface area contributed by atoms with E-state index in [1.807, 2.05) is 31.2 Å². The average molecular weight is 724 g/mol. The molecule has 0 unspecified atom stereocenters. The summed E-state index contributed by atoms with van der Waals surface area (Å²) in [4.78, 5) is 59.3. The summed E-state index contributed by atoms with van der Waals surface area (Å²) >= 11 is 0. The predicted molar refractivity (Wildman–Crippen MR) is 181 cm³/mol. The van der Waals surface area contributed by atoms with Gasteiger partial charge in [-0.3, -0.25) is 24.2 Å². The van der Waals surface area contributed by atoms with Gasteiger partial charge < -0.3 is 30.1 Å². The minimum atomic E-state index is -2.94. The van der Waals surface area contributed by atoms with Crippen molar-refractivity contribution < 1.29 is 46.9 Å². The molecule has 1 aliphatic carbocycles. The quantitative estimate of drug-likeness (QED) is 0.312. The van der Waals surface area contributed by atoms with Crippen molar-refractivity contribution in [2.75, 3.05) is 46.1 Å². The van der Waals surface area contributed by atoms with Crippen LogP contribution in [0.1, 0.15) is 77.8 Å². The fourth-order valence-corrected chi connectivity index (χ4v) is 7.93. The van der Waals surface area contributed by atoms with E-state index in [2.05, 4.69) is 15.5 Å². The van der Waals surface area contributed by atoms with Gasteiger partial charge in [-0.25, -0.2) is 18.0 Å². The van der Waals surface area contributed by atoms with Gasteiger partial charge in [0, 0.05) is 63.7 Å². The molecule has 4 aliphatic rings. The number of nitrogens with one attached hydrogen (secondary N) is 2. The summed E-state index contributed by atoms with van der Waals surface area (Å²) in [6.45, 7) is 7.37. The van der Waals surface area contributed by atoms with Crippen LogP contribution in [0.5, 0.6) is 5.75 Å². The van der Waals surface area contributed by atoms with Gasteiger partial charge in [-0.05, 0) is 43.6 Å². The van der Waals surface area contributed by atoms with Gasteiger partial charge >= 0.3 is 6.09 Å². The average Bonchev–Trinajstić information content (AvgIpc) is 3.47. The Balaban J connectivity index is 1.45. The van der Waals surface area contributed by atoms with Crippen LogP contribution in [0.15, 0.2) is 24.3 Å². The number of nitrogens with zero attached hydrogens (tertiary/aromatic N) is 3. The van der Waals surface area contributed by atoms with Gasteiger partial charge in [0.05, 0.1) is 18.8 Å². The van der Waals surface area contributed by atoms with Crippen LogP contribution in [-0.2, 0) is 19.1 Å². The summed E-state index contributed by atoms with van der Waals surface area (Å²) in [6.07, 6.45) is -1.70. The molecule has 4 amide bonds. The number of hydrogen-bond donors (Lipinski definition) is 3. The van der Waals surface area contributed by atoms with E-state index in [-0.39, 0.29) is 50.7 Å². The number of rotatable bonds is 11. The molecule has 1 saturated carbocycles. The first-order valence-electron chi connectivity index (χ1n) is 18.0. The van der Waals surface area contributed by atoms with E-state index < -0.39 is 78.7 Å². The first-order valence-corrected chi connectivity index (χ1v) is 18.0. The van der Waals surface area contributed by atoms with Crippen LogP contribution in [0, 0.1) is 11.3 Å². The number of benzene rings is 1. The van der Waals surface area contributed by atoms with Crippen molar-refractivity contribution in [3.05, 3.63) is 29.8 Å². The molecule has 5 rings (SSSR count). The number of ether oxygens (including phenoxy) is 2. The van der Waals surface area contributed by atoms with Crippen LogP contribution in [0.25, 0.3) is 0 Å². The largest absolute Gasteiger partial charge is 0.493 e. The summed E-state index contributed by atoms with van der Waals surface area (Å²) in [5.74, 6) is -5.10. The fraction of sp³-hybridized carbons (Fsp3) is 0.722. The van der Waals surface area contributed by atoms with Crippen LogP contribution in [0.3, 0.4) is 0 Å².